The average Bonchev–Trinajstić information content (AvgIpc) is 2.67. The molecule has 0 amide bonds. The topological polar surface area (TPSA) is 53.4 Å². The molecule has 2 rings (SSSR count). The van der Waals surface area contributed by atoms with Crippen LogP contribution < -0.4 is 4.90 Å². The van der Waals surface area contributed by atoms with Crippen molar-refractivity contribution in [2.75, 3.05) is 18.0 Å². The molecular weight excluding hydrogens is 212 g/mol. The molecule has 0 radical (unpaired) electrons. The minimum absolute atomic E-state index is 0.0888. The highest BCUT2D eigenvalue weighted by Gasteiger charge is 2.14. The van der Waals surface area contributed by atoms with Crippen LogP contribution in [-0.4, -0.2) is 29.1 Å². The van der Waals surface area contributed by atoms with Crippen LogP contribution >= 0.6 is 11.3 Å². The number of carboxylic acid groups (broad SMARTS) is 1. The van der Waals surface area contributed by atoms with Gasteiger partial charge in [0.25, 0.3) is 0 Å². The van der Waals surface area contributed by atoms with Crippen molar-refractivity contribution in [3.63, 3.8) is 0 Å². The minimum Gasteiger partial charge on any atom is -0.481 e. The molecule has 1 aliphatic heterocycles. The van der Waals surface area contributed by atoms with Crippen molar-refractivity contribution in [2.45, 2.75) is 25.7 Å². The number of rotatable bonds is 3. The number of nitrogens with zero attached hydrogens (tertiary/aromatic N) is 2. The second-order valence-corrected chi connectivity index (χ2v) is 4.82. The molecule has 0 aliphatic carbocycles. The first-order valence-electron chi connectivity index (χ1n) is 5.17. The second-order valence-electron chi connectivity index (χ2n) is 3.73. The molecule has 1 aliphatic rings. The summed E-state index contributed by atoms with van der Waals surface area (Å²) in [5, 5.41) is 9.63. The first-order chi connectivity index (χ1) is 7.25. The van der Waals surface area contributed by atoms with Gasteiger partial charge in [-0.15, -0.1) is 11.3 Å². The molecule has 0 aromatic carbocycles. The van der Waals surface area contributed by atoms with E-state index >= 15 is 0 Å². The highest BCUT2D eigenvalue weighted by atomic mass is 32.1. The number of anilines is 1. The molecule has 1 fully saturated rings. The van der Waals surface area contributed by atoms with Crippen molar-refractivity contribution in [3.05, 3.63) is 11.1 Å². The predicted octanol–water partition coefficient (Wildman–Crippen LogP) is 1.76. The molecule has 0 spiro atoms. The Morgan fingerprint density at radius 3 is 2.87 bits per heavy atom. The molecule has 0 bridgehead atoms. The average molecular weight is 226 g/mol. The van der Waals surface area contributed by atoms with E-state index in [4.69, 9.17) is 5.11 Å². The molecule has 4 nitrogen and oxygen atoms in total. The molecule has 1 aromatic rings. The van der Waals surface area contributed by atoms with Crippen molar-refractivity contribution in [3.8, 4) is 0 Å². The number of hydrogen-bond donors (Lipinski definition) is 1. The van der Waals surface area contributed by atoms with Gasteiger partial charge in [0, 0.05) is 24.2 Å². The lowest BCUT2D eigenvalue weighted by atomic mass is 10.1. The first kappa shape index (κ1) is 10.4. The maximum absolute atomic E-state index is 10.5. The zero-order chi connectivity index (χ0) is 10.7. The fourth-order valence-electron chi connectivity index (χ4n) is 1.76. The summed E-state index contributed by atoms with van der Waals surface area (Å²) in [7, 11) is 0. The maximum atomic E-state index is 10.5. The van der Waals surface area contributed by atoms with Crippen molar-refractivity contribution < 1.29 is 9.90 Å². The summed E-state index contributed by atoms with van der Waals surface area (Å²) in [6, 6.07) is 0. The Kier molecular flexibility index (Phi) is 3.20. The fourth-order valence-corrected chi connectivity index (χ4v) is 2.71. The highest BCUT2D eigenvalue weighted by molar-refractivity contribution is 7.15. The van der Waals surface area contributed by atoms with Gasteiger partial charge in [0.2, 0.25) is 0 Å². The lowest BCUT2D eigenvalue weighted by Gasteiger charge is -2.25. The van der Waals surface area contributed by atoms with Crippen molar-refractivity contribution in [1.82, 2.24) is 4.98 Å². The summed E-state index contributed by atoms with van der Waals surface area (Å²) in [6.45, 7) is 2.11. The third-order valence-corrected chi connectivity index (χ3v) is 3.55. The van der Waals surface area contributed by atoms with Crippen LogP contribution in [0.2, 0.25) is 0 Å². The van der Waals surface area contributed by atoms with Crippen LogP contribution in [0.15, 0.2) is 6.20 Å². The fraction of sp³-hybridized carbons (Fsp3) is 0.600. The standard InChI is InChI=1S/C10H14N2O2S/c13-9(14)6-8-7-11-10(15-8)12-4-2-1-3-5-12/h7H,1-6H2,(H,13,14). The normalized spacial score (nSPS) is 16.7. The van der Waals surface area contributed by atoms with E-state index in [1.165, 1.54) is 30.6 Å². The third-order valence-electron chi connectivity index (χ3n) is 2.49. The van der Waals surface area contributed by atoms with Gasteiger partial charge in [-0.25, -0.2) is 4.98 Å². The number of thiazole rings is 1. The van der Waals surface area contributed by atoms with Crippen molar-refractivity contribution in [1.29, 1.82) is 0 Å². The van der Waals surface area contributed by atoms with Crippen LogP contribution in [0.1, 0.15) is 24.1 Å². The Morgan fingerprint density at radius 2 is 2.20 bits per heavy atom. The molecule has 0 atom stereocenters. The van der Waals surface area contributed by atoms with Gasteiger partial charge >= 0.3 is 5.97 Å². The Balaban J connectivity index is 2.02. The largest absolute Gasteiger partial charge is 0.481 e. The van der Waals surface area contributed by atoms with E-state index in [1.54, 1.807) is 6.20 Å². The van der Waals surface area contributed by atoms with Gasteiger partial charge in [-0.05, 0) is 19.3 Å². The number of aromatic nitrogens is 1. The predicted molar refractivity (Wildman–Crippen MR) is 59.5 cm³/mol. The summed E-state index contributed by atoms with van der Waals surface area (Å²) in [5.74, 6) is -0.788. The van der Waals surface area contributed by atoms with E-state index in [9.17, 15) is 4.79 Å². The second kappa shape index (κ2) is 4.61. The van der Waals surface area contributed by atoms with Gasteiger partial charge in [-0.3, -0.25) is 4.79 Å². The van der Waals surface area contributed by atoms with E-state index in [2.05, 4.69) is 9.88 Å². The number of aliphatic carboxylic acids is 1. The van der Waals surface area contributed by atoms with E-state index in [0.717, 1.165) is 23.1 Å². The van der Waals surface area contributed by atoms with Gasteiger partial charge < -0.3 is 10.0 Å². The lowest BCUT2D eigenvalue weighted by molar-refractivity contribution is -0.136. The summed E-state index contributed by atoms with van der Waals surface area (Å²) in [4.78, 5) is 17.9. The Labute approximate surface area is 92.6 Å². The SMILES string of the molecule is O=C(O)Cc1cnc(N2CCCCC2)s1. The first-order valence-corrected chi connectivity index (χ1v) is 5.99. The monoisotopic (exact) mass is 226 g/mol. The smallest absolute Gasteiger partial charge is 0.308 e. The van der Waals surface area contributed by atoms with E-state index in [0.29, 0.717) is 0 Å². The molecule has 15 heavy (non-hydrogen) atoms. The van der Waals surface area contributed by atoms with Gasteiger partial charge in [-0.1, -0.05) is 0 Å². The highest BCUT2D eigenvalue weighted by Crippen LogP contribution is 2.25. The van der Waals surface area contributed by atoms with Crippen LogP contribution in [0.25, 0.3) is 0 Å². The van der Waals surface area contributed by atoms with Crippen LogP contribution in [0.3, 0.4) is 0 Å². The molecule has 0 unspecified atom stereocenters. The molecule has 2 heterocycles. The van der Waals surface area contributed by atoms with E-state index in [1.807, 2.05) is 0 Å². The van der Waals surface area contributed by atoms with Gasteiger partial charge in [0.15, 0.2) is 5.13 Å². The van der Waals surface area contributed by atoms with E-state index < -0.39 is 5.97 Å². The van der Waals surface area contributed by atoms with Gasteiger partial charge in [0.05, 0.1) is 6.42 Å². The molecular formula is C10H14N2O2S. The molecule has 0 saturated carbocycles. The van der Waals surface area contributed by atoms with Gasteiger partial charge in [0.1, 0.15) is 0 Å². The molecule has 1 N–H and O–H groups in total. The van der Waals surface area contributed by atoms with Crippen LogP contribution in [0, 0.1) is 0 Å². The Bertz CT molecular complexity index is 345. The van der Waals surface area contributed by atoms with Crippen molar-refractivity contribution >= 4 is 22.4 Å². The lowest BCUT2D eigenvalue weighted by Crippen LogP contribution is -2.29. The molecule has 1 aromatic heterocycles. The molecule has 82 valence electrons. The quantitative estimate of drug-likeness (QED) is 0.853. The maximum Gasteiger partial charge on any atom is 0.308 e. The van der Waals surface area contributed by atoms with Crippen LogP contribution in [-0.2, 0) is 11.2 Å². The van der Waals surface area contributed by atoms with E-state index in [-0.39, 0.29) is 6.42 Å². The number of piperidine rings is 1. The zero-order valence-electron chi connectivity index (χ0n) is 8.48. The number of hydrogen-bond acceptors (Lipinski definition) is 4. The summed E-state index contributed by atoms with van der Waals surface area (Å²) in [6.07, 6.45) is 5.50. The molecule has 5 heteroatoms. The third kappa shape index (κ3) is 2.68. The van der Waals surface area contributed by atoms with Crippen LogP contribution in [0.5, 0.6) is 0 Å². The Morgan fingerprint density at radius 1 is 1.47 bits per heavy atom. The molecule has 1 saturated heterocycles. The summed E-state index contributed by atoms with van der Waals surface area (Å²) < 4.78 is 0. The summed E-state index contributed by atoms with van der Waals surface area (Å²) >= 11 is 1.50. The Hall–Kier alpha value is -1.10. The number of carboxylic acids is 1. The van der Waals surface area contributed by atoms with Gasteiger partial charge in [-0.2, -0.15) is 0 Å². The number of carbonyl (C=O) groups is 1. The summed E-state index contributed by atoms with van der Waals surface area (Å²) in [5.41, 5.74) is 0. The van der Waals surface area contributed by atoms with Crippen LogP contribution in [0.4, 0.5) is 5.13 Å². The minimum atomic E-state index is -0.788. The van der Waals surface area contributed by atoms with Crippen molar-refractivity contribution in [2.24, 2.45) is 0 Å². The zero-order valence-corrected chi connectivity index (χ0v) is 9.29.